The molecule has 0 unspecified atom stereocenters. The van der Waals surface area contributed by atoms with Gasteiger partial charge in [-0.25, -0.2) is 13.8 Å². The van der Waals surface area contributed by atoms with Crippen molar-refractivity contribution in [3.8, 4) is 0 Å². The standard InChI is InChI=1S/C13H14F2N2O/c1-2-12-7-17-13(18-12)8-16-6-9-3-10(14)5-11(15)4-9/h3-5,7,16H,2,6,8H2,1H3. The normalized spacial score (nSPS) is 10.8. The molecule has 0 saturated heterocycles. The fourth-order valence-corrected chi connectivity index (χ4v) is 1.62. The van der Waals surface area contributed by atoms with Crippen molar-refractivity contribution in [2.75, 3.05) is 0 Å². The van der Waals surface area contributed by atoms with E-state index in [9.17, 15) is 8.78 Å². The van der Waals surface area contributed by atoms with Gasteiger partial charge in [-0.05, 0) is 17.7 Å². The molecule has 0 saturated carbocycles. The van der Waals surface area contributed by atoms with Crippen LogP contribution in [0, 0.1) is 11.6 Å². The molecule has 0 amide bonds. The highest BCUT2D eigenvalue weighted by Gasteiger charge is 2.03. The molecular weight excluding hydrogens is 238 g/mol. The van der Waals surface area contributed by atoms with Crippen molar-refractivity contribution < 1.29 is 13.2 Å². The molecule has 0 fully saturated rings. The maximum atomic E-state index is 12.9. The highest BCUT2D eigenvalue weighted by atomic mass is 19.1. The van der Waals surface area contributed by atoms with E-state index in [1.165, 1.54) is 12.1 Å². The summed E-state index contributed by atoms with van der Waals surface area (Å²) in [6.45, 7) is 2.77. The Hall–Kier alpha value is -1.75. The number of benzene rings is 1. The molecule has 0 atom stereocenters. The molecule has 0 bridgehead atoms. The Morgan fingerprint density at radius 1 is 1.17 bits per heavy atom. The Kier molecular flexibility index (Phi) is 4.04. The summed E-state index contributed by atoms with van der Waals surface area (Å²) in [6, 6.07) is 3.44. The monoisotopic (exact) mass is 252 g/mol. The Morgan fingerprint density at radius 2 is 1.89 bits per heavy atom. The van der Waals surface area contributed by atoms with Gasteiger partial charge in [0.05, 0.1) is 12.7 Å². The zero-order valence-electron chi connectivity index (χ0n) is 10.0. The van der Waals surface area contributed by atoms with Crippen LogP contribution in [0.25, 0.3) is 0 Å². The molecule has 0 radical (unpaired) electrons. The van der Waals surface area contributed by atoms with Gasteiger partial charge in [0.25, 0.3) is 0 Å². The zero-order valence-corrected chi connectivity index (χ0v) is 10.0. The Labute approximate surface area is 104 Å². The first-order chi connectivity index (χ1) is 8.67. The van der Waals surface area contributed by atoms with Gasteiger partial charge < -0.3 is 9.73 Å². The van der Waals surface area contributed by atoms with Crippen LogP contribution in [0.2, 0.25) is 0 Å². The van der Waals surface area contributed by atoms with E-state index in [2.05, 4.69) is 10.3 Å². The zero-order chi connectivity index (χ0) is 13.0. The van der Waals surface area contributed by atoms with Gasteiger partial charge >= 0.3 is 0 Å². The van der Waals surface area contributed by atoms with Crippen LogP contribution < -0.4 is 5.32 Å². The van der Waals surface area contributed by atoms with Gasteiger partial charge in [0, 0.05) is 19.0 Å². The van der Waals surface area contributed by atoms with Gasteiger partial charge in [-0.1, -0.05) is 6.92 Å². The average molecular weight is 252 g/mol. The molecule has 3 nitrogen and oxygen atoms in total. The van der Waals surface area contributed by atoms with Crippen LogP contribution in [0.5, 0.6) is 0 Å². The number of nitrogens with zero attached hydrogens (tertiary/aromatic N) is 1. The maximum absolute atomic E-state index is 12.9. The molecule has 96 valence electrons. The van der Waals surface area contributed by atoms with Crippen molar-refractivity contribution in [3.05, 3.63) is 53.2 Å². The molecule has 1 heterocycles. The van der Waals surface area contributed by atoms with Gasteiger partial charge in [-0.15, -0.1) is 0 Å². The van der Waals surface area contributed by atoms with E-state index in [4.69, 9.17) is 4.42 Å². The first-order valence-corrected chi connectivity index (χ1v) is 5.76. The lowest BCUT2D eigenvalue weighted by Gasteiger charge is -2.03. The summed E-state index contributed by atoms with van der Waals surface area (Å²) in [5.74, 6) is 0.250. The van der Waals surface area contributed by atoms with Crippen molar-refractivity contribution in [2.24, 2.45) is 0 Å². The fraction of sp³-hybridized carbons (Fsp3) is 0.308. The quantitative estimate of drug-likeness (QED) is 0.889. The summed E-state index contributed by atoms with van der Waals surface area (Å²) in [6.07, 6.45) is 2.47. The number of aryl methyl sites for hydroxylation is 1. The third kappa shape index (κ3) is 3.37. The van der Waals surface area contributed by atoms with E-state index in [0.717, 1.165) is 18.2 Å². The van der Waals surface area contributed by atoms with E-state index in [1.807, 2.05) is 6.92 Å². The number of rotatable bonds is 5. The lowest BCUT2D eigenvalue weighted by atomic mass is 10.2. The van der Waals surface area contributed by atoms with Crippen LogP contribution in [-0.2, 0) is 19.5 Å². The SMILES string of the molecule is CCc1cnc(CNCc2cc(F)cc(F)c2)o1. The number of hydrogen-bond donors (Lipinski definition) is 1. The fourth-order valence-electron chi connectivity index (χ4n) is 1.62. The van der Waals surface area contributed by atoms with Crippen molar-refractivity contribution >= 4 is 0 Å². The third-order valence-corrected chi connectivity index (χ3v) is 2.48. The van der Waals surface area contributed by atoms with Crippen LogP contribution in [0.4, 0.5) is 8.78 Å². The number of halogens is 2. The lowest BCUT2D eigenvalue weighted by molar-refractivity contribution is 0.438. The molecule has 0 aliphatic rings. The second kappa shape index (κ2) is 5.73. The van der Waals surface area contributed by atoms with E-state index in [-0.39, 0.29) is 0 Å². The molecule has 0 spiro atoms. The van der Waals surface area contributed by atoms with Crippen LogP contribution in [0.15, 0.2) is 28.8 Å². The highest BCUT2D eigenvalue weighted by molar-refractivity contribution is 5.17. The van der Waals surface area contributed by atoms with Gasteiger partial charge in [-0.3, -0.25) is 0 Å². The molecule has 0 aliphatic carbocycles. The molecule has 2 rings (SSSR count). The maximum Gasteiger partial charge on any atom is 0.208 e. The summed E-state index contributed by atoms with van der Waals surface area (Å²) in [7, 11) is 0. The molecule has 1 N–H and O–H groups in total. The molecule has 1 aromatic carbocycles. The first kappa shape index (κ1) is 12.7. The Balaban J connectivity index is 1.88. The minimum Gasteiger partial charge on any atom is -0.444 e. The number of hydrogen-bond acceptors (Lipinski definition) is 3. The minimum atomic E-state index is -0.573. The van der Waals surface area contributed by atoms with Crippen LogP contribution in [0.3, 0.4) is 0 Å². The number of nitrogens with one attached hydrogen (secondary N) is 1. The van der Waals surface area contributed by atoms with Gasteiger partial charge in [0.2, 0.25) is 5.89 Å². The first-order valence-electron chi connectivity index (χ1n) is 5.76. The predicted molar refractivity (Wildman–Crippen MR) is 62.8 cm³/mol. The summed E-state index contributed by atoms with van der Waals surface area (Å²) in [5.41, 5.74) is 0.551. The van der Waals surface area contributed by atoms with Crippen molar-refractivity contribution in [1.29, 1.82) is 0 Å². The summed E-state index contributed by atoms with van der Waals surface area (Å²) in [5, 5.41) is 3.02. The van der Waals surface area contributed by atoms with Crippen LogP contribution in [0.1, 0.15) is 24.1 Å². The van der Waals surface area contributed by atoms with Gasteiger partial charge in [0.1, 0.15) is 17.4 Å². The van der Waals surface area contributed by atoms with Crippen molar-refractivity contribution in [3.63, 3.8) is 0 Å². The molecule has 18 heavy (non-hydrogen) atoms. The van der Waals surface area contributed by atoms with E-state index < -0.39 is 11.6 Å². The summed E-state index contributed by atoms with van der Waals surface area (Å²) in [4.78, 5) is 4.08. The largest absolute Gasteiger partial charge is 0.444 e. The third-order valence-electron chi connectivity index (χ3n) is 2.48. The minimum absolute atomic E-state index is 0.360. The Bertz CT molecular complexity index is 505. The second-order valence-electron chi connectivity index (χ2n) is 3.96. The molecule has 0 aliphatic heterocycles. The van der Waals surface area contributed by atoms with Crippen molar-refractivity contribution in [2.45, 2.75) is 26.4 Å². The molecule has 2 aromatic rings. The van der Waals surface area contributed by atoms with E-state index in [1.54, 1.807) is 6.20 Å². The summed E-state index contributed by atoms with van der Waals surface area (Å²) < 4.78 is 31.3. The lowest BCUT2D eigenvalue weighted by Crippen LogP contribution is -2.13. The highest BCUT2D eigenvalue weighted by Crippen LogP contribution is 2.08. The topological polar surface area (TPSA) is 38.1 Å². The smallest absolute Gasteiger partial charge is 0.208 e. The molecular formula is C13H14F2N2O. The predicted octanol–water partition coefficient (Wildman–Crippen LogP) is 2.81. The molecule has 5 heteroatoms. The van der Waals surface area contributed by atoms with E-state index in [0.29, 0.717) is 24.5 Å². The van der Waals surface area contributed by atoms with Gasteiger partial charge in [-0.2, -0.15) is 0 Å². The van der Waals surface area contributed by atoms with E-state index >= 15 is 0 Å². The second-order valence-corrected chi connectivity index (χ2v) is 3.96. The van der Waals surface area contributed by atoms with Crippen molar-refractivity contribution in [1.82, 2.24) is 10.3 Å². The number of oxazole rings is 1. The van der Waals surface area contributed by atoms with Gasteiger partial charge in [0.15, 0.2) is 0 Å². The summed E-state index contributed by atoms with van der Waals surface area (Å²) >= 11 is 0. The number of aromatic nitrogens is 1. The van der Waals surface area contributed by atoms with Crippen LogP contribution >= 0.6 is 0 Å². The average Bonchev–Trinajstić information content (AvgIpc) is 2.76. The molecule has 1 aromatic heterocycles. The van der Waals surface area contributed by atoms with Crippen LogP contribution in [-0.4, -0.2) is 4.98 Å². The Morgan fingerprint density at radius 3 is 2.50 bits per heavy atom.